The van der Waals surface area contributed by atoms with Crippen LogP contribution in [-0.2, 0) is 4.79 Å². The lowest BCUT2D eigenvalue weighted by molar-refractivity contribution is -0.123. The summed E-state index contributed by atoms with van der Waals surface area (Å²) in [5, 5.41) is 6.22. The molecule has 134 valence electrons. The summed E-state index contributed by atoms with van der Waals surface area (Å²) >= 11 is 0. The van der Waals surface area contributed by atoms with Crippen molar-refractivity contribution in [3.63, 3.8) is 0 Å². The van der Waals surface area contributed by atoms with E-state index in [1.165, 1.54) is 0 Å². The van der Waals surface area contributed by atoms with Crippen LogP contribution in [0.25, 0.3) is 0 Å². The Bertz CT molecular complexity index is 697. The molecule has 0 aromatic heterocycles. The summed E-state index contributed by atoms with van der Waals surface area (Å²) in [7, 11) is 0. The highest BCUT2D eigenvalue weighted by Gasteiger charge is 2.32. The molecule has 0 spiro atoms. The molecule has 0 aliphatic carbocycles. The Balaban J connectivity index is 0.000000399. The number of hydrogen-bond donors (Lipinski definition) is 3. The van der Waals surface area contributed by atoms with Crippen molar-refractivity contribution in [1.29, 1.82) is 0 Å². The predicted octanol–water partition coefficient (Wildman–Crippen LogP) is 3.60. The summed E-state index contributed by atoms with van der Waals surface area (Å²) in [4.78, 5) is 12.3. The van der Waals surface area contributed by atoms with Gasteiger partial charge in [0.05, 0.1) is 12.0 Å². The van der Waals surface area contributed by atoms with Crippen molar-refractivity contribution < 1.29 is 4.79 Å². The first-order valence-electron chi connectivity index (χ1n) is 9.08. The highest BCUT2D eigenvalue weighted by atomic mass is 16.2. The zero-order valence-corrected chi connectivity index (χ0v) is 15.4. The predicted molar refractivity (Wildman–Crippen MR) is 105 cm³/mol. The molecule has 0 bridgehead atoms. The number of para-hydroxylation sites is 1. The van der Waals surface area contributed by atoms with Gasteiger partial charge in [-0.3, -0.25) is 4.79 Å². The third-order valence-electron chi connectivity index (χ3n) is 4.50. The van der Waals surface area contributed by atoms with Crippen LogP contribution in [0.4, 0.5) is 5.69 Å². The highest BCUT2D eigenvalue weighted by molar-refractivity contribution is 5.87. The molecule has 3 rings (SSSR count). The van der Waals surface area contributed by atoms with E-state index in [9.17, 15) is 4.79 Å². The van der Waals surface area contributed by atoms with Gasteiger partial charge in [-0.2, -0.15) is 0 Å². The second kappa shape index (κ2) is 9.23. The Morgan fingerprint density at radius 3 is 2.00 bits per heavy atom. The topological polar surface area (TPSA) is 67.2 Å². The molecule has 1 amide bonds. The minimum atomic E-state index is -0.150. The van der Waals surface area contributed by atoms with Crippen LogP contribution < -0.4 is 16.4 Å². The van der Waals surface area contributed by atoms with Gasteiger partial charge in [-0.1, -0.05) is 63.2 Å². The van der Waals surface area contributed by atoms with Crippen molar-refractivity contribution in [2.45, 2.75) is 39.2 Å². The van der Waals surface area contributed by atoms with Gasteiger partial charge in [-0.05, 0) is 36.7 Å². The first kappa shape index (κ1) is 19.0. The molecule has 0 radical (unpaired) electrons. The van der Waals surface area contributed by atoms with Crippen molar-refractivity contribution >= 4 is 11.6 Å². The number of hydrogen-bond acceptors (Lipinski definition) is 3. The summed E-state index contributed by atoms with van der Waals surface area (Å²) in [5.74, 6) is 0.0202. The number of rotatable bonds is 4. The fourth-order valence-electron chi connectivity index (χ4n) is 3.23. The number of nitrogen functional groups attached to an aromatic ring is 1. The molecular weight excluding hydrogens is 310 g/mol. The van der Waals surface area contributed by atoms with Crippen LogP contribution in [0.3, 0.4) is 0 Å². The number of anilines is 1. The molecule has 0 saturated heterocycles. The van der Waals surface area contributed by atoms with Gasteiger partial charge in [0.25, 0.3) is 0 Å². The molecule has 0 fully saturated rings. The minimum absolute atomic E-state index is 0.0626. The van der Waals surface area contributed by atoms with Crippen molar-refractivity contribution in [3.8, 4) is 0 Å². The Morgan fingerprint density at radius 2 is 1.48 bits per heavy atom. The van der Waals surface area contributed by atoms with Gasteiger partial charge < -0.3 is 16.4 Å². The van der Waals surface area contributed by atoms with Crippen LogP contribution in [0.15, 0.2) is 48.5 Å². The molecule has 2 atom stereocenters. The van der Waals surface area contributed by atoms with E-state index in [2.05, 4.69) is 30.5 Å². The van der Waals surface area contributed by atoms with Crippen molar-refractivity contribution in [2.24, 2.45) is 0 Å². The molecule has 4 N–H and O–H groups in total. The quantitative estimate of drug-likeness (QED) is 0.746. The van der Waals surface area contributed by atoms with Crippen LogP contribution >= 0.6 is 0 Å². The summed E-state index contributed by atoms with van der Waals surface area (Å²) in [6.07, 6.45) is 0.805. The standard InChI is InChI=1S/C17H18N2O.C4H11N/c1-2-11-12-7-3-4-8-13(12)16(19-17(11)20)14-9-5-6-10-15(14)18;1-3-5-4-2/h3-11,16H,2,18H2,1H3,(H,19,20);5H,3-4H2,1-2H3. The fourth-order valence-corrected chi connectivity index (χ4v) is 3.23. The van der Waals surface area contributed by atoms with Crippen LogP contribution in [0.1, 0.15) is 55.8 Å². The zero-order valence-electron chi connectivity index (χ0n) is 15.4. The molecule has 1 aliphatic rings. The molecule has 2 aromatic carbocycles. The van der Waals surface area contributed by atoms with E-state index in [1.54, 1.807) is 0 Å². The number of carbonyl (C=O) groups is 1. The van der Waals surface area contributed by atoms with E-state index in [0.717, 1.165) is 36.2 Å². The average molecular weight is 339 g/mol. The Hall–Kier alpha value is -2.33. The number of nitrogens with two attached hydrogens (primary N) is 1. The van der Waals surface area contributed by atoms with E-state index >= 15 is 0 Å². The van der Waals surface area contributed by atoms with E-state index in [-0.39, 0.29) is 17.9 Å². The SMILES string of the molecule is CCC1C(=O)NC(c2ccccc2N)c2ccccc21.CCNCC. The number of benzene rings is 2. The molecule has 25 heavy (non-hydrogen) atoms. The first-order chi connectivity index (χ1) is 12.1. The molecule has 1 aliphatic heterocycles. The number of nitrogens with one attached hydrogen (secondary N) is 2. The smallest absolute Gasteiger partial charge is 0.228 e. The van der Waals surface area contributed by atoms with Gasteiger partial charge in [-0.15, -0.1) is 0 Å². The van der Waals surface area contributed by atoms with E-state index in [4.69, 9.17) is 5.73 Å². The summed E-state index contributed by atoms with van der Waals surface area (Å²) in [5.41, 5.74) is 10.0. The van der Waals surface area contributed by atoms with E-state index < -0.39 is 0 Å². The van der Waals surface area contributed by atoms with Crippen LogP contribution in [0.5, 0.6) is 0 Å². The lowest BCUT2D eigenvalue weighted by Crippen LogP contribution is -2.39. The number of fused-ring (bicyclic) bond motifs is 1. The molecule has 4 heteroatoms. The Morgan fingerprint density at radius 1 is 0.920 bits per heavy atom. The van der Waals surface area contributed by atoms with Gasteiger partial charge in [0.15, 0.2) is 0 Å². The van der Waals surface area contributed by atoms with E-state index in [0.29, 0.717) is 5.69 Å². The second-order valence-corrected chi connectivity index (χ2v) is 6.12. The summed E-state index contributed by atoms with van der Waals surface area (Å²) < 4.78 is 0. The maximum atomic E-state index is 12.3. The third kappa shape index (κ3) is 4.40. The summed E-state index contributed by atoms with van der Waals surface area (Å²) in [6, 6.07) is 15.7. The summed E-state index contributed by atoms with van der Waals surface area (Å²) in [6.45, 7) is 8.43. The van der Waals surface area contributed by atoms with Crippen LogP contribution in [0.2, 0.25) is 0 Å². The molecule has 2 unspecified atom stereocenters. The van der Waals surface area contributed by atoms with Crippen LogP contribution in [-0.4, -0.2) is 19.0 Å². The monoisotopic (exact) mass is 339 g/mol. The maximum Gasteiger partial charge on any atom is 0.228 e. The minimum Gasteiger partial charge on any atom is -0.398 e. The number of amides is 1. The van der Waals surface area contributed by atoms with Crippen molar-refractivity contribution in [2.75, 3.05) is 18.8 Å². The normalized spacial score (nSPS) is 18.6. The van der Waals surface area contributed by atoms with Gasteiger partial charge in [0.1, 0.15) is 0 Å². The van der Waals surface area contributed by atoms with Gasteiger partial charge in [-0.25, -0.2) is 0 Å². The molecule has 0 saturated carbocycles. The lowest BCUT2D eigenvalue weighted by Gasteiger charge is -2.32. The van der Waals surface area contributed by atoms with Gasteiger partial charge in [0.2, 0.25) is 5.91 Å². The van der Waals surface area contributed by atoms with E-state index in [1.807, 2.05) is 49.4 Å². The second-order valence-electron chi connectivity index (χ2n) is 6.12. The molecular formula is C21H29N3O. The fraction of sp³-hybridized carbons (Fsp3) is 0.381. The zero-order chi connectivity index (χ0) is 18.2. The van der Waals surface area contributed by atoms with Gasteiger partial charge >= 0.3 is 0 Å². The maximum absolute atomic E-state index is 12.3. The van der Waals surface area contributed by atoms with Crippen molar-refractivity contribution in [3.05, 3.63) is 65.2 Å². The number of carbonyl (C=O) groups excluding carboxylic acids is 1. The van der Waals surface area contributed by atoms with Crippen LogP contribution in [0, 0.1) is 0 Å². The largest absolute Gasteiger partial charge is 0.398 e. The Labute approximate surface area is 150 Å². The third-order valence-corrected chi connectivity index (χ3v) is 4.50. The molecule has 4 nitrogen and oxygen atoms in total. The first-order valence-corrected chi connectivity index (χ1v) is 9.08. The average Bonchev–Trinajstić information content (AvgIpc) is 2.63. The van der Waals surface area contributed by atoms with Gasteiger partial charge in [0, 0.05) is 11.3 Å². The Kier molecular flexibility index (Phi) is 7.02. The highest BCUT2D eigenvalue weighted by Crippen LogP contribution is 2.37. The lowest BCUT2D eigenvalue weighted by atomic mass is 9.82. The molecule has 2 aromatic rings. The van der Waals surface area contributed by atoms with Crippen molar-refractivity contribution in [1.82, 2.24) is 10.6 Å². The molecule has 1 heterocycles.